The van der Waals surface area contributed by atoms with Gasteiger partial charge in [-0.25, -0.2) is 24.9 Å². The fraction of sp³-hybridized carbons (Fsp3) is 0.0341. The Balaban J connectivity index is 0.772. The summed E-state index contributed by atoms with van der Waals surface area (Å²) in [7, 11) is 0. The molecule has 0 fully saturated rings. The van der Waals surface area contributed by atoms with E-state index in [1.54, 1.807) is 0 Å². The van der Waals surface area contributed by atoms with E-state index in [1.807, 2.05) is 0 Å². The molecule has 3 aromatic heterocycles. The molecule has 0 amide bonds. The van der Waals surface area contributed by atoms with Gasteiger partial charge in [0.1, 0.15) is 0 Å². The molecule has 0 radical (unpaired) electrons. The van der Waals surface area contributed by atoms with Crippen molar-refractivity contribution >= 4 is 54.1 Å². The molecule has 94 heavy (non-hydrogen) atoms. The van der Waals surface area contributed by atoms with Gasteiger partial charge in [-0.1, -0.05) is 257 Å². The molecular weight excluding hydrogens is 1140 g/mol. The van der Waals surface area contributed by atoms with Crippen LogP contribution in [0.5, 0.6) is 0 Å². The molecule has 0 unspecified atom stereocenters. The summed E-state index contributed by atoms with van der Waals surface area (Å²) in [6.07, 6.45) is 0. The van der Waals surface area contributed by atoms with Crippen molar-refractivity contribution < 1.29 is 0 Å². The van der Waals surface area contributed by atoms with Crippen LogP contribution >= 0.6 is 0 Å². The van der Waals surface area contributed by atoms with Crippen molar-refractivity contribution in [3.63, 3.8) is 0 Å². The fourth-order valence-corrected chi connectivity index (χ4v) is 14.6. The first kappa shape index (κ1) is 54.7. The average molecular weight is 1200 g/mol. The van der Waals surface area contributed by atoms with E-state index < -0.39 is 0 Å². The minimum Gasteiger partial charge on any atom is -0.309 e. The second-order valence-electron chi connectivity index (χ2n) is 25.1. The van der Waals surface area contributed by atoms with Crippen LogP contribution in [0.4, 0.5) is 0 Å². The molecule has 0 bridgehead atoms. The molecule has 3 heterocycles. The van der Waals surface area contributed by atoms with Gasteiger partial charge in [0.15, 0.2) is 23.3 Å². The third kappa shape index (κ3) is 9.21. The van der Waals surface area contributed by atoms with E-state index in [-0.39, 0.29) is 5.41 Å². The lowest BCUT2D eigenvalue weighted by atomic mass is 9.82. The molecule has 440 valence electrons. The highest BCUT2D eigenvalue weighted by Gasteiger charge is 2.35. The number of fused-ring (bicyclic) bond motifs is 12. The van der Waals surface area contributed by atoms with Gasteiger partial charge in [0.25, 0.3) is 0 Å². The van der Waals surface area contributed by atoms with E-state index >= 15 is 0 Å². The summed E-state index contributed by atoms with van der Waals surface area (Å²) in [6.45, 7) is 4.66. The normalized spacial score (nSPS) is 12.4. The van der Waals surface area contributed by atoms with Crippen molar-refractivity contribution in [2.24, 2.45) is 0 Å². The van der Waals surface area contributed by atoms with Crippen LogP contribution in [0.2, 0.25) is 0 Å². The van der Waals surface area contributed by atoms with Crippen molar-refractivity contribution in [2.75, 3.05) is 0 Å². The number of hydrogen-bond acceptors (Lipinski definition) is 5. The van der Waals surface area contributed by atoms with Crippen molar-refractivity contribution in [3.05, 3.63) is 327 Å². The number of hydrogen-bond donors (Lipinski definition) is 0. The molecule has 17 aromatic rings. The topological polar surface area (TPSA) is 69.4 Å². The molecule has 14 aromatic carbocycles. The second-order valence-corrected chi connectivity index (χ2v) is 25.1. The van der Waals surface area contributed by atoms with Crippen LogP contribution < -0.4 is 0 Å². The Hall–Kier alpha value is -12.3. The Kier molecular flexibility index (Phi) is 12.8. The first-order valence-corrected chi connectivity index (χ1v) is 32.1. The van der Waals surface area contributed by atoms with E-state index in [0.717, 1.165) is 106 Å². The van der Waals surface area contributed by atoms with E-state index in [0.29, 0.717) is 23.3 Å². The average Bonchev–Trinajstić information content (AvgIpc) is 1.86. The largest absolute Gasteiger partial charge is 0.309 e. The van der Waals surface area contributed by atoms with Crippen molar-refractivity contribution in [2.45, 2.75) is 19.3 Å². The fourth-order valence-electron chi connectivity index (χ4n) is 14.6. The van der Waals surface area contributed by atoms with Gasteiger partial charge in [0.05, 0.1) is 22.4 Å². The summed E-state index contributed by atoms with van der Waals surface area (Å²) in [5.41, 5.74) is 22.2. The summed E-state index contributed by atoms with van der Waals surface area (Å²) in [5.74, 6) is 2.41. The molecule has 0 saturated carbocycles. The van der Waals surface area contributed by atoms with E-state index in [4.69, 9.17) is 24.9 Å². The predicted octanol–water partition coefficient (Wildman–Crippen LogP) is 22.5. The maximum Gasteiger partial charge on any atom is 0.164 e. The number of nitrogens with zero attached hydrogens (tertiary/aromatic N) is 6. The zero-order valence-electron chi connectivity index (χ0n) is 51.7. The third-order valence-corrected chi connectivity index (χ3v) is 19.2. The Morgan fingerprint density at radius 2 is 0.628 bits per heavy atom. The molecule has 0 atom stereocenters. The van der Waals surface area contributed by atoms with Crippen LogP contribution in [0.1, 0.15) is 25.0 Å². The zero-order chi connectivity index (χ0) is 62.4. The highest BCUT2D eigenvalue weighted by atomic mass is 15.0. The highest BCUT2D eigenvalue weighted by Crippen LogP contribution is 2.50. The van der Waals surface area contributed by atoms with Crippen LogP contribution in [-0.2, 0) is 5.41 Å². The van der Waals surface area contributed by atoms with Crippen LogP contribution in [0.15, 0.2) is 315 Å². The first-order valence-electron chi connectivity index (χ1n) is 32.1. The lowest BCUT2D eigenvalue weighted by Gasteiger charge is -2.22. The Morgan fingerprint density at radius 3 is 1.29 bits per heavy atom. The molecule has 0 N–H and O–H groups in total. The van der Waals surface area contributed by atoms with Crippen LogP contribution in [0.25, 0.3) is 172 Å². The maximum absolute atomic E-state index is 5.51. The SMILES string of the molecule is CC1(C)c2ccccc2-c2ccc(-c3cc(-c4cccc(-c5cccc(-c6nc(-c7cccc(-c8ccccc8-c8ccccc8)c7)nc(-c7ccc8c9ccccc9c9ccccc9c8c7)n6)c5)c4)nc(-c4ccc5c(c4)c4ccccc4n5-c4ccccc4)n3)cc21. The van der Waals surface area contributed by atoms with Gasteiger partial charge in [-0.05, 0) is 161 Å². The van der Waals surface area contributed by atoms with Gasteiger partial charge in [-0.15, -0.1) is 0 Å². The van der Waals surface area contributed by atoms with Crippen molar-refractivity contribution in [1.82, 2.24) is 29.5 Å². The second kappa shape index (κ2) is 22.0. The van der Waals surface area contributed by atoms with Crippen molar-refractivity contribution in [3.8, 4) is 118 Å². The molecule has 0 saturated heterocycles. The Labute approximate surface area is 544 Å². The van der Waals surface area contributed by atoms with Crippen LogP contribution in [0, 0.1) is 0 Å². The number of benzene rings is 14. The first-order chi connectivity index (χ1) is 46.3. The van der Waals surface area contributed by atoms with Crippen LogP contribution in [0.3, 0.4) is 0 Å². The lowest BCUT2D eigenvalue weighted by Crippen LogP contribution is -2.14. The van der Waals surface area contributed by atoms with Crippen LogP contribution in [-0.4, -0.2) is 29.5 Å². The van der Waals surface area contributed by atoms with Gasteiger partial charge >= 0.3 is 0 Å². The highest BCUT2D eigenvalue weighted by molar-refractivity contribution is 6.25. The summed E-state index contributed by atoms with van der Waals surface area (Å²) in [5, 5.41) is 9.49. The Bertz CT molecular complexity index is 5870. The quantitative estimate of drug-likeness (QED) is 0.128. The number of aromatic nitrogens is 6. The summed E-state index contributed by atoms with van der Waals surface area (Å²) >= 11 is 0. The molecule has 6 nitrogen and oxygen atoms in total. The van der Waals surface area contributed by atoms with E-state index in [1.165, 1.54) is 54.6 Å². The van der Waals surface area contributed by atoms with Gasteiger partial charge in [0, 0.05) is 55.3 Å². The molecule has 18 rings (SSSR count). The minimum absolute atomic E-state index is 0.186. The Morgan fingerprint density at radius 1 is 0.223 bits per heavy atom. The van der Waals surface area contributed by atoms with Gasteiger partial charge in [0.2, 0.25) is 0 Å². The smallest absolute Gasteiger partial charge is 0.164 e. The monoisotopic (exact) mass is 1200 g/mol. The molecule has 1 aliphatic rings. The number of rotatable bonds is 10. The summed E-state index contributed by atoms with van der Waals surface area (Å²) in [4.78, 5) is 27.2. The van der Waals surface area contributed by atoms with Gasteiger partial charge < -0.3 is 4.57 Å². The summed E-state index contributed by atoms with van der Waals surface area (Å²) < 4.78 is 2.35. The molecule has 1 aliphatic carbocycles. The molecule has 6 heteroatoms. The third-order valence-electron chi connectivity index (χ3n) is 19.2. The number of para-hydroxylation sites is 2. The molecule has 0 spiro atoms. The lowest BCUT2D eigenvalue weighted by molar-refractivity contribution is 0.660. The van der Waals surface area contributed by atoms with Gasteiger partial charge in [-0.3, -0.25) is 0 Å². The predicted molar refractivity (Wildman–Crippen MR) is 389 cm³/mol. The maximum atomic E-state index is 5.51. The van der Waals surface area contributed by atoms with Gasteiger partial charge in [-0.2, -0.15) is 0 Å². The summed E-state index contributed by atoms with van der Waals surface area (Å²) in [6, 6.07) is 113. The van der Waals surface area contributed by atoms with E-state index in [2.05, 4.69) is 334 Å². The van der Waals surface area contributed by atoms with E-state index in [9.17, 15) is 0 Å². The molecule has 0 aliphatic heterocycles. The zero-order valence-corrected chi connectivity index (χ0v) is 51.7. The molecular formula is C88H58N6. The standard InChI is InChI=1S/C88H58N6/c1-88(2)78-40-17-15-38-73(78)74-46-42-60(53-79(74)88)81-54-80(89-84(90-81)64-44-47-83-77(52-64)75-39-16-18-41-82(75)94(83)65-30-7-4-8-31-65)59-27-19-24-56(48-59)57-25-20-28-61(49-57)85-91-86(62-29-21-26-58(50-62)67-33-10-9-32-66(67)55-22-5-3-6-23-55)93-87(92-85)63-43-45-72-70-36-12-11-34-68(70)69-35-13-14-37-71(69)76(72)51-63/h3-54H,1-2H3. The van der Waals surface area contributed by atoms with Crippen molar-refractivity contribution in [1.29, 1.82) is 0 Å². The minimum atomic E-state index is -0.186.